The molecule has 0 atom stereocenters. The average molecular weight is 390 g/mol. The standard InChI is InChI=1S/C19H22N2O5S/c1-25-15-10-13(14(21(23)24)11-16(15)26-2)18(22)20-12-19(7-3-4-8-19)17-6-5-9-27-17/h5-6,9-11H,3-4,7-8,12H2,1-2H3,(H,20,22). The molecule has 0 spiro atoms. The van der Waals surface area contributed by atoms with Gasteiger partial charge in [-0.2, -0.15) is 0 Å². The highest BCUT2D eigenvalue weighted by Gasteiger charge is 2.37. The average Bonchev–Trinajstić information content (AvgIpc) is 3.37. The van der Waals surface area contributed by atoms with E-state index < -0.39 is 10.8 Å². The Morgan fingerprint density at radius 2 is 1.93 bits per heavy atom. The van der Waals surface area contributed by atoms with E-state index in [9.17, 15) is 14.9 Å². The molecule has 1 aromatic heterocycles. The molecule has 1 aromatic carbocycles. The molecule has 7 nitrogen and oxygen atoms in total. The zero-order valence-electron chi connectivity index (χ0n) is 15.3. The maximum atomic E-state index is 12.8. The first-order valence-electron chi connectivity index (χ1n) is 8.73. The van der Waals surface area contributed by atoms with E-state index in [1.807, 2.05) is 11.4 Å². The molecule has 0 aliphatic heterocycles. The van der Waals surface area contributed by atoms with E-state index in [1.54, 1.807) is 11.3 Å². The summed E-state index contributed by atoms with van der Waals surface area (Å²) >= 11 is 1.69. The molecular formula is C19H22N2O5S. The number of nitro groups is 1. The molecule has 1 saturated carbocycles. The van der Waals surface area contributed by atoms with Gasteiger partial charge in [-0.3, -0.25) is 14.9 Å². The monoisotopic (exact) mass is 390 g/mol. The summed E-state index contributed by atoms with van der Waals surface area (Å²) in [6.45, 7) is 0.456. The Labute approximate surface area is 161 Å². The van der Waals surface area contributed by atoms with Gasteiger partial charge in [0.25, 0.3) is 11.6 Å². The summed E-state index contributed by atoms with van der Waals surface area (Å²) in [7, 11) is 2.82. The summed E-state index contributed by atoms with van der Waals surface area (Å²) < 4.78 is 10.3. The van der Waals surface area contributed by atoms with Gasteiger partial charge in [0.1, 0.15) is 5.56 Å². The van der Waals surface area contributed by atoms with Crippen LogP contribution in [-0.2, 0) is 5.41 Å². The van der Waals surface area contributed by atoms with Crippen molar-refractivity contribution in [1.82, 2.24) is 5.32 Å². The van der Waals surface area contributed by atoms with Gasteiger partial charge in [-0.15, -0.1) is 11.3 Å². The number of rotatable bonds is 7. The largest absolute Gasteiger partial charge is 0.493 e. The summed E-state index contributed by atoms with van der Waals surface area (Å²) in [5, 5.41) is 16.4. The minimum absolute atomic E-state index is 0.0306. The normalized spacial score (nSPS) is 15.3. The van der Waals surface area contributed by atoms with Crippen LogP contribution in [0.3, 0.4) is 0 Å². The molecule has 8 heteroatoms. The van der Waals surface area contributed by atoms with Crippen LogP contribution in [0.4, 0.5) is 5.69 Å². The SMILES string of the molecule is COc1cc(C(=O)NCC2(c3cccs3)CCCC2)c([N+](=O)[O-])cc1OC. The minimum atomic E-state index is -0.582. The number of ether oxygens (including phenoxy) is 2. The molecule has 0 unspecified atom stereocenters. The van der Waals surface area contributed by atoms with Gasteiger partial charge in [-0.1, -0.05) is 18.9 Å². The van der Waals surface area contributed by atoms with Crippen LogP contribution in [0.1, 0.15) is 40.9 Å². The Morgan fingerprint density at radius 1 is 1.26 bits per heavy atom. The third-order valence-electron chi connectivity index (χ3n) is 5.14. The Hall–Kier alpha value is -2.61. The van der Waals surface area contributed by atoms with E-state index in [0.717, 1.165) is 25.7 Å². The molecule has 1 heterocycles. The smallest absolute Gasteiger partial charge is 0.286 e. The van der Waals surface area contributed by atoms with Crippen molar-refractivity contribution >= 4 is 22.9 Å². The second kappa shape index (κ2) is 7.96. The lowest BCUT2D eigenvalue weighted by molar-refractivity contribution is -0.385. The first kappa shape index (κ1) is 19.2. The zero-order valence-corrected chi connectivity index (χ0v) is 16.1. The Kier molecular flexibility index (Phi) is 5.65. The second-order valence-corrected chi connectivity index (χ2v) is 7.58. The summed E-state index contributed by atoms with van der Waals surface area (Å²) in [4.78, 5) is 24.9. The van der Waals surface area contributed by atoms with Gasteiger partial charge in [-0.05, 0) is 24.3 Å². The van der Waals surface area contributed by atoms with Crippen LogP contribution in [0.15, 0.2) is 29.6 Å². The van der Waals surface area contributed by atoms with Crippen molar-refractivity contribution in [2.75, 3.05) is 20.8 Å². The number of hydrogen-bond acceptors (Lipinski definition) is 6. The Balaban J connectivity index is 1.86. The molecular weight excluding hydrogens is 368 g/mol. The molecule has 144 valence electrons. The van der Waals surface area contributed by atoms with Crippen molar-refractivity contribution in [3.05, 3.63) is 50.2 Å². The van der Waals surface area contributed by atoms with Gasteiger partial charge < -0.3 is 14.8 Å². The van der Waals surface area contributed by atoms with E-state index in [1.165, 1.54) is 31.2 Å². The molecule has 1 aliphatic carbocycles. The second-order valence-electron chi connectivity index (χ2n) is 6.63. The molecule has 0 saturated heterocycles. The lowest BCUT2D eigenvalue weighted by atomic mass is 9.84. The van der Waals surface area contributed by atoms with Crippen LogP contribution in [0.5, 0.6) is 11.5 Å². The third-order valence-corrected chi connectivity index (χ3v) is 6.25. The molecule has 3 rings (SSSR count). The van der Waals surface area contributed by atoms with Crippen molar-refractivity contribution in [2.45, 2.75) is 31.1 Å². The van der Waals surface area contributed by atoms with E-state index in [0.29, 0.717) is 6.54 Å². The van der Waals surface area contributed by atoms with E-state index in [2.05, 4.69) is 11.4 Å². The van der Waals surface area contributed by atoms with E-state index in [-0.39, 0.29) is 28.2 Å². The van der Waals surface area contributed by atoms with Crippen LogP contribution in [0, 0.1) is 10.1 Å². The van der Waals surface area contributed by atoms with Crippen molar-refractivity contribution in [1.29, 1.82) is 0 Å². The van der Waals surface area contributed by atoms with Crippen LogP contribution in [-0.4, -0.2) is 31.6 Å². The summed E-state index contributed by atoms with van der Waals surface area (Å²) in [5.74, 6) is 0.0131. The number of hydrogen-bond donors (Lipinski definition) is 1. The summed E-state index contributed by atoms with van der Waals surface area (Å²) in [6.07, 6.45) is 4.23. The van der Waals surface area contributed by atoms with Gasteiger partial charge >= 0.3 is 0 Å². The van der Waals surface area contributed by atoms with Crippen molar-refractivity contribution in [3.63, 3.8) is 0 Å². The number of nitro benzene ring substituents is 1. The highest BCUT2D eigenvalue weighted by Crippen LogP contribution is 2.43. The van der Waals surface area contributed by atoms with Gasteiger partial charge in [0, 0.05) is 22.9 Å². The van der Waals surface area contributed by atoms with Gasteiger partial charge in [0.2, 0.25) is 0 Å². The quantitative estimate of drug-likeness (QED) is 0.572. The van der Waals surface area contributed by atoms with E-state index >= 15 is 0 Å². The molecule has 2 aromatic rings. The van der Waals surface area contributed by atoms with Crippen molar-refractivity contribution in [2.24, 2.45) is 0 Å². The van der Waals surface area contributed by atoms with Crippen molar-refractivity contribution in [3.8, 4) is 11.5 Å². The zero-order chi connectivity index (χ0) is 19.4. The molecule has 1 N–H and O–H groups in total. The maximum absolute atomic E-state index is 12.8. The first-order chi connectivity index (χ1) is 13.0. The highest BCUT2D eigenvalue weighted by atomic mass is 32.1. The predicted molar refractivity (Wildman–Crippen MR) is 103 cm³/mol. The number of amides is 1. The van der Waals surface area contributed by atoms with Crippen LogP contribution >= 0.6 is 11.3 Å². The fraction of sp³-hybridized carbons (Fsp3) is 0.421. The Morgan fingerprint density at radius 3 is 2.48 bits per heavy atom. The maximum Gasteiger partial charge on any atom is 0.286 e. The molecule has 1 amide bonds. The molecule has 0 radical (unpaired) electrons. The van der Waals surface area contributed by atoms with Crippen LogP contribution in [0.25, 0.3) is 0 Å². The number of methoxy groups -OCH3 is 2. The van der Waals surface area contributed by atoms with Gasteiger partial charge in [0.05, 0.1) is 25.2 Å². The van der Waals surface area contributed by atoms with Gasteiger partial charge in [0.15, 0.2) is 11.5 Å². The number of nitrogens with zero attached hydrogens (tertiary/aromatic N) is 1. The summed E-state index contributed by atoms with van der Waals surface area (Å²) in [6, 6.07) is 6.69. The number of carbonyl (C=O) groups is 1. The minimum Gasteiger partial charge on any atom is -0.493 e. The number of thiophene rings is 1. The van der Waals surface area contributed by atoms with E-state index in [4.69, 9.17) is 9.47 Å². The predicted octanol–water partition coefficient (Wildman–Crippen LogP) is 3.92. The summed E-state index contributed by atoms with van der Waals surface area (Å²) in [5.41, 5.74) is -0.423. The number of carbonyl (C=O) groups excluding carboxylic acids is 1. The highest BCUT2D eigenvalue weighted by molar-refractivity contribution is 7.10. The van der Waals surface area contributed by atoms with Crippen LogP contribution in [0.2, 0.25) is 0 Å². The molecule has 27 heavy (non-hydrogen) atoms. The Bertz CT molecular complexity index is 829. The first-order valence-corrected chi connectivity index (χ1v) is 9.61. The fourth-order valence-electron chi connectivity index (χ4n) is 3.69. The molecule has 0 bridgehead atoms. The number of nitrogens with one attached hydrogen (secondary N) is 1. The molecule has 1 fully saturated rings. The lowest BCUT2D eigenvalue weighted by Gasteiger charge is -2.28. The number of benzene rings is 1. The third kappa shape index (κ3) is 3.75. The van der Waals surface area contributed by atoms with Crippen LogP contribution < -0.4 is 14.8 Å². The molecule has 1 aliphatic rings. The van der Waals surface area contributed by atoms with Gasteiger partial charge in [-0.25, -0.2) is 0 Å². The fourth-order valence-corrected chi connectivity index (χ4v) is 4.68. The lowest BCUT2D eigenvalue weighted by Crippen LogP contribution is -2.38. The van der Waals surface area contributed by atoms with Crippen molar-refractivity contribution < 1.29 is 19.2 Å². The topological polar surface area (TPSA) is 90.7 Å².